The fraction of sp³-hybridized carbons (Fsp3) is 0.695. The number of rotatable bonds is 51. The van der Waals surface area contributed by atoms with Crippen LogP contribution in [0.25, 0.3) is 0 Å². The van der Waals surface area contributed by atoms with Gasteiger partial charge in [0.1, 0.15) is 6.61 Å². The van der Waals surface area contributed by atoms with Crippen LogP contribution in [-0.4, -0.2) is 49.3 Å². The van der Waals surface area contributed by atoms with Crippen molar-refractivity contribution in [3.63, 3.8) is 0 Å². The van der Waals surface area contributed by atoms with Gasteiger partial charge in [0, 0.05) is 19.4 Å². The minimum absolute atomic E-state index is 0.0428. The van der Waals surface area contributed by atoms with Gasteiger partial charge in [-0.25, -0.2) is 4.57 Å². The summed E-state index contributed by atoms with van der Waals surface area (Å²) in [5, 5.41) is 0. The summed E-state index contributed by atoms with van der Waals surface area (Å²) in [6.45, 7) is 3.59. The van der Waals surface area contributed by atoms with Crippen LogP contribution in [0.4, 0.5) is 0 Å². The number of carbonyl (C=O) groups is 2. The maximum absolute atomic E-state index is 12.7. The van der Waals surface area contributed by atoms with E-state index < -0.39 is 32.5 Å². The van der Waals surface area contributed by atoms with Crippen molar-refractivity contribution in [1.29, 1.82) is 0 Å². The van der Waals surface area contributed by atoms with Crippen LogP contribution in [0, 0.1) is 0 Å². The molecule has 69 heavy (non-hydrogen) atoms. The summed E-state index contributed by atoms with van der Waals surface area (Å²) in [4.78, 5) is 35.1. The van der Waals surface area contributed by atoms with Crippen molar-refractivity contribution >= 4 is 19.8 Å². The smallest absolute Gasteiger partial charge is 0.462 e. The van der Waals surface area contributed by atoms with E-state index in [-0.39, 0.29) is 32.6 Å². The lowest BCUT2D eigenvalue weighted by Crippen LogP contribution is -2.29. The Morgan fingerprint density at radius 2 is 0.797 bits per heavy atom. The molecule has 0 radical (unpaired) electrons. The van der Waals surface area contributed by atoms with E-state index in [1.165, 1.54) is 116 Å². The highest BCUT2D eigenvalue weighted by molar-refractivity contribution is 7.47. The van der Waals surface area contributed by atoms with Crippen LogP contribution in [0.15, 0.2) is 97.2 Å². The zero-order valence-corrected chi connectivity index (χ0v) is 44.9. The average Bonchev–Trinajstić information content (AvgIpc) is 3.34. The monoisotopic (exact) mass is 984 g/mol. The molecule has 0 aromatic carbocycles. The van der Waals surface area contributed by atoms with Crippen LogP contribution in [0.3, 0.4) is 0 Å². The fourth-order valence-corrected chi connectivity index (χ4v) is 8.14. The van der Waals surface area contributed by atoms with Gasteiger partial charge in [-0.2, -0.15) is 0 Å². The number of phosphoric ester groups is 1. The Labute approximate surface area is 423 Å². The molecule has 0 amide bonds. The van der Waals surface area contributed by atoms with Crippen LogP contribution >= 0.6 is 7.82 Å². The average molecular weight is 984 g/mol. The number of unbranched alkanes of at least 4 members (excludes halogenated alkanes) is 22. The van der Waals surface area contributed by atoms with E-state index in [2.05, 4.69) is 111 Å². The van der Waals surface area contributed by atoms with Gasteiger partial charge in [-0.3, -0.25) is 18.6 Å². The lowest BCUT2D eigenvalue weighted by atomic mass is 10.0. The van der Waals surface area contributed by atoms with E-state index in [1.54, 1.807) is 0 Å². The van der Waals surface area contributed by atoms with Gasteiger partial charge in [0.2, 0.25) is 0 Å². The second-order valence-corrected chi connectivity index (χ2v) is 19.5. The van der Waals surface area contributed by atoms with E-state index >= 15 is 0 Å². The normalized spacial score (nSPS) is 13.9. The van der Waals surface area contributed by atoms with Gasteiger partial charge in [-0.1, -0.05) is 220 Å². The van der Waals surface area contributed by atoms with E-state index in [1.807, 2.05) is 0 Å². The molecule has 3 N–H and O–H groups in total. The molecule has 0 rings (SSSR count). The minimum Gasteiger partial charge on any atom is -0.462 e. The molecule has 0 saturated heterocycles. The quantitative estimate of drug-likeness (QED) is 0.0264. The number of allylic oxidation sites excluding steroid dienone is 16. The van der Waals surface area contributed by atoms with Crippen molar-refractivity contribution < 1.29 is 37.6 Å². The molecule has 2 unspecified atom stereocenters. The number of nitrogens with two attached hydrogens (primary N) is 1. The Bertz CT molecular complexity index is 1450. The molecule has 0 aliphatic rings. The van der Waals surface area contributed by atoms with Crippen molar-refractivity contribution in [2.75, 3.05) is 26.4 Å². The molecule has 2 atom stereocenters. The fourth-order valence-electron chi connectivity index (χ4n) is 7.37. The molecule has 0 aromatic heterocycles. The van der Waals surface area contributed by atoms with Gasteiger partial charge in [0.05, 0.1) is 13.2 Å². The highest BCUT2D eigenvalue weighted by atomic mass is 31.2. The van der Waals surface area contributed by atoms with Crippen LogP contribution in [-0.2, 0) is 32.7 Å². The molecule has 0 heterocycles. The summed E-state index contributed by atoms with van der Waals surface area (Å²) in [5.41, 5.74) is 5.37. The number of hydrogen-bond donors (Lipinski definition) is 2. The largest absolute Gasteiger partial charge is 0.472 e. The standard InChI is InChI=1S/C59H102NO8P/c1-3-5-7-9-11-13-15-17-19-21-23-25-27-28-30-32-34-36-38-40-42-44-46-48-50-52-59(62)68-57(56-67-69(63,64)66-54-53-60)55-65-58(61)51-49-47-45-43-41-39-37-35-33-31-29-26-24-22-20-18-16-14-12-10-8-6-4-2/h5,7,11,13,17,19,22-25,28,30,34,36,40,42,57H,3-4,6,8-10,12,14-16,18,20-21,26-27,29,31-33,35,37-39,41,43-56,60H2,1-2H3,(H,63,64)/b7-5-,13-11-,19-17-,24-22-,25-23-,30-28-,36-34-,42-40-. The SMILES string of the molecule is CC/C=C\C/C=C\C/C=C\C/C=C\C/C=C\C/C=C\C/C=C\CCCCCC(=O)OC(COC(=O)CCCCCCCCCCCCC/C=C\CCCCCCCCCC)COP(=O)(O)OCCN. The van der Waals surface area contributed by atoms with Crippen molar-refractivity contribution in [2.45, 2.75) is 238 Å². The van der Waals surface area contributed by atoms with E-state index in [0.29, 0.717) is 6.42 Å². The predicted octanol–water partition coefficient (Wildman–Crippen LogP) is 17.3. The molecule has 0 aliphatic carbocycles. The summed E-state index contributed by atoms with van der Waals surface area (Å²) >= 11 is 0. The van der Waals surface area contributed by atoms with Crippen LogP contribution in [0.1, 0.15) is 232 Å². The predicted molar refractivity (Wildman–Crippen MR) is 293 cm³/mol. The minimum atomic E-state index is -4.40. The molecule has 0 saturated carbocycles. The molecule has 0 fully saturated rings. The van der Waals surface area contributed by atoms with Gasteiger partial charge in [-0.05, 0) is 96.3 Å². The van der Waals surface area contributed by atoms with Gasteiger partial charge in [0.15, 0.2) is 6.10 Å². The molecular formula is C59H102NO8P. The number of esters is 2. The Morgan fingerprint density at radius 1 is 0.449 bits per heavy atom. The molecule has 0 aliphatic heterocycles. The third kappa shape index (κ3) is 54.1. The van der Waals surface area contributed by atoms with Crippen LogP contribution in [0.5, 0.6) is 0 Å². The Kier molecular flexibility index (Phi) is 51.9. The first-order valence-corrected chi connectivity index (χ1v) is 29.2. The third-order valence-electron chi connectivity index (χ3n) is 11.5. The first-order valence-electron chi connectivity index (χ1n) is 27.7. The Morgan fingerprint density at radius 3 is 1.22 bits per heavy atom. The van der Waals surface area contributed by atoms with Gasteiger partial charge < -0.3 is 20.1 Å². The highest BCUT2D eigenvalue weighted by Crippen LogP contribution is 2.43. The zero-order chi connectivity index (χ0) is 50.2. The highest BCUT2D eigenvalue weighted by Gasteiger charge is 2.26. The second kappa shape index (κ2) is 54.3. The lowest BCUT2D eigenvalue weighted by Gasteiger charge is -2.19. The first kappa shape index (κ1) is 65.9. The summed E-state index contributed by atoms with van der Waals surface area (Å²) in [6, 6.07) is 0. The van der Waals surface area contributed by atoms with Crippen LogP contribution in [0.2, 0.25) is 0 Å². The molecule has 9 nitrogen and oxygen atoms in total. The molecule has 0 aromatic rings. The summed E-state index contributed by atoms with van der Waals surface area (Å²) in [5.74, 6) is -0.869. The summed E-state index contributed by atoms with van der Waals surface area (Å²) in [6.07, 6.45) is 71.7. The zero-order valence-electron chi connectivity index (χ0n) is 44.0. The topological polar surface area (TPSA) is 134 Å². The molecule has 0 bridgehead atoms. The number of hydrogen-bond acceptors (Lipinski definition) is 8. The first-order chi connectivity index (χ1) is 33.8. The number of carbonyl (C=O) groups excluding carboxylic acids is 2. The van der Waals surface area contributed by atoms with Crippen molar-refractivity contribution in [1.82, 2.24) is 0 Å². The van der Waals surface area contributed by atoms with Gasteiger partial charge in [-0.15, -0.1) is 0 Å². The van der Waals surface area contributed by atoms with Crippen molar-refractivity contribution in [3.8, 4) is 0 Å². The Balaban J connectivity index is 4.10. The third-order valence-corrected chi connectivity index (χ3v) is 12.4. The van der Waals surface area contributed by atoms with Crippen LogP contribution < -0.4 is 5.73 Å². The maximum Gasteiger partial charge on any atom is 0.472 e. The van der Waals surface area contributed by atoms with E-state index in [4.69, 9.17) is 24.3 Å². The Hall–Kier alpha value is -3.07. The van der Waals surface area contributed by atoms with Gasteiger partial charge in [0.25, 0.3) is 0 Å². The molecule has 0 spiro atoms. The molecular weight excluding hydrogens is 882 g/mol. The molecule has 396 valence electrons. The molecule has 10 heteroatoms. The number of phosphoric acid groups is 1. The van der Waals surface area contributed by atoms with Crippen molar-refractivity contribution in [3.05, 3.63) is 97.2 Å². The lowest BCUT2D eigenvalue weighted by molar-refractivity contribution is -0.161. The van der Waals surface area contributed by atoms with Crippen molar-refractivity contribution in [2.24, 2.45) is 5.73 Å². The van der Waals surface area contributed by atoms with E-state index in [0.717, 1.165) is 83.5 Å². The maximum atomic E-state index is 12.7. The van der Waals surface area contributed by atoms with Gasteiger partial charge >= 0.3 is 19.8 Å². The van der Waals surface area contributed by atoms with E-state index in [9.17, 15) is 19.0 Å². The summed E-state index contributed by atoms with van der Waals surface area (Å²) < 4.78 is 33.0. The second-order valence-electron chi connectivity index (χ2n) is 18.1. The number of ether oxygens (including phenoxy) is 2. The summed E-state index contributed by atoms with van der Waals surface area (Å²) in [7, 11) is -4.40.